The third kappa shape index (κ3) is 4.28. The first-order valence-corrected chi connectivity index (χ1v) is 9.79. The second-order valence-corrected chi connectivity index (χ2v) is 8.61. The second-order valence-electron chi connectivity index (χ2n) is 6.86. The van der Waals surface area contributed by atoms with Crippen molar-refractivity contribution in [3.63, 3.8) is 0 Å². The van der Waals surface area contributed by atoms with Gasteiger partial charge in [0.15, 0.2) is 0 Å². The molecule has 1 aromatic carbocycles. The lowest BCUT2D eigenvalue weighted by atomic mass is 9.54. The number of hydrogen-bond donors (Lipinski definition) is 3. The molecule has 0 bridgehead atoms. The van der Waals surface area contributed by atoms with Gasteiger partial charge in [-0.25, -0.2) is 12.8 Å². The molecule has 0 heterocycles. The van der Waals surface area contributed by atoms with Crippen molar-refractivity contribution in [2.24, 2.45) is 11.1 Å². The lowest BCUT2D eigenvalue weighted by Gasteiger charge is -2.57. The van der Waals surface area contributed by atoms with Gasteiger partial charge in [-0.2, -0.15) is 0 Å². The molecule has 7 nitrogen and oxygen atoms in total. The number of rotatable bonds is 6. The van der Waals surface area contributed by atoms with Crippen LogP contribution in [0.3, 0.4) is 0 Å². The summed E-state index contributed by atoms with van der Waals surface area (Å²) in [4.78, 5) is 12.6. The molecule has 26 heavy (non-hydrogen) atoms. The zero-order valence-corrected chi connectivity index (χ0v) is 16.8. The Labute approximate surface area is 159 Å². The summed E-state index contributed by atoms with van der Waals surface area (Å²) in [6.45, 7) is 6.13. The number of benzene rings is 1. The molecule has 0 aromatic heterocycles. The predicted octanol–water partition coefficient (Wildman–Crippen LogP) is 2.09. The molecule has 10 heteroatoms. The molecule has 1 saturated carbocycles. The maximum atomic E-state index is 13.7. The molecule has 0 saturated heterocycles. The molecule has 1 aromatic rings. The predicted molar refractivity (Wildman–Crippen MR) is 101 cm³/mol. The summed E-state index contributed by atoms with van der Waals surface area (Å²) in [7, 11) is -3.64. The molecule has 0 spiro atoms. The lowest BCUT2D eigenvalue weighted by molar-refractivity contribution is -0.166. The van der Waals surface area contributed by atoms with E-state index in [-0.39, 0.29) is 29.9 Å². The van der Waals surface area contributed by atoms with Crippen molar-refractivity contribution >= 4 is 39.7 Å². The molecule has 0 radical (unpaired) electrons. The zero-order valence-electron chi connectivity index (χ0n) is 15.1. The third-order valence-corrected chi connectivity index (χ3v) is 5.35. The first-order valence-electron chi connectivity index (χ1n) is 7.90. The van der Waals surface area contributed by atoms with Crippen LogP contribution in [0.15, 0.2) is 18.2 Å². The number of sulfonamides is 1. The number of carbonyl (C=O) groups is 1. The molecule has 148 valence electrons. The molecule has 2 atom stereocenters. The van der Waals surface area contributed by atoms with Gasteiger partial charge in [-0.1, -0.05) is 13.8 Å². The highest BCUT2D eigenvalue weighted by molar-refractivity contribution is 7.92. The number of nitrogens with two attached hydrogens (primary N) is 1. The van der Waals surface area contributed by atoms with E-state index in [2.05, 4.69) is 10.0 Å². The van der Waals surface area contributed by atoms with Gasteiger partial charge >= 0.3 is 0 Å². The van der Waals surface area contributed by atoms with Crippen LogP contribution < -0.4 is 15.8 Å². The summed E-state index contributed by atoms with van der Waals surface area (Å²) in [6.07, 6.45) is 1.16. The summed E-state index contributed by atoms with van der Waals surface area (Å²) in [5, 5.41) is 2.64. The Morgan fingerprint density at radius 3 is 2.54 bits per heavy atom. The number of hydrogen-bond acceptors (Lipinski definition) is 5. The van der Waals surface area contributed by atoms with Gasteiger partial charge in [0.2, 0.25) is 15.9 Å². The fraction of sp³-hybridized carbons (Fsp3) is 0.562. The number of anilines is 2. The van der Waals surface area contributed by atoms with Crippen LogP contribution in [-0.2, 0) is 19.6 Å². The Morgan fingerprint density at radius 2 is 2.04 bits per heavy atom. The molecular weight excluding hydrogens is 385 g/mol. The van der Waals surface area contributed by atoms with Crippen molar-refractivity contribution in [2.75, 3.05) is 22.9 Å². The minimum Gasteiger partial charge on any atom is -0.378 e. The Kier molecular flexibility index (Phi) is 6.68. The lowest BCUT2D eigenvalue weighted by Crippen LogP contribution is -2.74. The van der Waals surface area contributed by atoms with Crippen molar-refractivity contribution in [3.8, 4) is 0 Å². The minimum atomic E-state index is -3.64. The van der Waals surface area contributed by atoms with Crippen molar-refractivity contribution in [2.45, 2.75) is 38.8 Å². The zero-order chi connectivity index (χ0) is 19.0. The molecule has 1 amide bonds. The van der Waals surface area contributed by atoms with E-state index in [4.69, 9.17) is 10.5 Å². The standard InChI is InChI=1S/C16H24FN3O4S.ClH/c1-5-24-13-9-16(18,15(13,2)3)14(21)19-10-6-7-11(17)12(8-10)20-25(4,22)23;/h6-8,13,20H,5,9,18H2,1-4H3,(H,19,21);1H. The van der Waals surface area contributed by atoms with Crippen molar-refractivity contribution in [3.05, 3.63) is 24.0 Å². The summed E-state index contributed by atoms with van der Waals surface area (Å²) in [5.74, 6) is -1.17. The van der Waals surface area contributed by atoms with Crippen LogP contribution >= 0.6 is 12.4 Å². The molecule has 1 fully saturated rings. The van der Waals surface area contributed by atoms with E-state index in [1.807, 2.05) is 20.8 Å². The van der Waals surface area contributed by atoms with Crippen molar-refractivity contribution < 1.29 is 22.3 Å². The summed E-state index contributed by atoms with van der Waals surface area (Å²) in [6, 6.07) is 3.63. The van der Waals surface area contributed by atoms with Crippen molar-refractivity contribution in [1.82, 2.24) is 0 Å². The molecule has 0 aliphatic heterocycles. The van der Waals surface area contributed by atoms with E-state index in [0.717, 1.165) is 12.3 Å². The number of nitrogens with one attached hydrogen (secondary N) is 2. The van der Waals surface area contributed by atoms with Gasteiger partial charge in [0, 0.05) is 24.1 Å². The normalized spacial score (nSPS) is 24.2. The highest BCUT2D eigenvalue weighted by atomic mass is 35.5. The second kappa shape index (κ2) is 7.67. The van der Waals surface area contributed by atoms with Gasteiger partial charge in [0.1, 0.15) is 11.4 Å². The fourth-order valence-electron chi connectivity index (χ4n) is 2.94. The molecule has 2 rings (SSSR count). The van der Waals surface area contributed by atoms with E-state index in [1.165, 1.54) is 12.1 Å². The van der Waals surface area contributed by atoms with Gasteiger partial charge in [0.05, 0.1) is 18.0 Å². The molecule has 4 N–H and O–H groups in total. The summed E-state index contributed by atoms with van der Waals surface area (Å²) < 4.78 is 44.0. The highest BCUT2D eigenvalue weighted by Gasteiger charge is 2.62. The fourth-order valence-corrected chi connectivity index (χ4v) is 3.50. The van der Waals surface area contributed by atoms with Gasteiger partial charge in [-0.05, 0) is 25.1 Å². The van der Waals surface area contributed by atoms with Gasteiger partial charge in [0.25, 0.3) is 0 Å². The van der Waals surface area contributed by atoms with Gasteiger partial charge < -0.3 is 15.8 Å². The summed E-state index contributed by atoms with van der Waals surface area (Å²) >= 11 is 0. The topological polar surface area (TPSA) is 111 Å². The van der Waals surface area contributed by atoms with Crippen LogP contribution in [0.25, 0.3) is 0 Å². The minimum absolute atomic E-state index is 0. The first-order chi connectivity index (χ1) is 11.4. The smallest absolute Gasteiger partial charge is 0.245 e. The summed E-state index contributed by atoms with van der Waals surface area (Å²) in [5.41, 5.74) is 4.59. The average Bonchev–Trinajstić information content (AvgIpc) is 2.48. The van der Waals surface area contributed by atoms with Crippen molar-refractivity contribution in [1.29, 1.82) is 0 Å². The van der Waals surface area contributed by atoms with E-state index < -0.39 is 32.7 Å². The van der Waals surface area contributed by atoms with Gasteiger partial charge in [-0.15, -0.1) is 12.4 Å². The Morgan fingerprint density at radius 1 is 1.42 bits per heavy atom. The maximum Gasteiger partial charge on any atom is 0.245 e. The first kappa shape index (κ1) is 22.6. The van der Waals surface area contributed by atoms with Crippen LogP contribution in [0.1, 0.15) is 27.2 Å². The number of amides is 1. The number of ether oxygens (including phenoxy) is 1. The van der Waals surface area contributed by atoms with Crippen LogP contribution in [0.4, 0.5) is 15.8 Å². The Balaban J connectivity index is 0.00000338. The average molecular weight is 410 g/mol. The van der Waals surface area contributed by atoms with Gasteiger partial charge in [-0.3, -0.25) is 9.52 Å². The van der Waals surface area contributed by atoms with Crippen LogP contribution in [0, 0.1) is 11.2 Å². The van der Waals surface area contributed by atoms with E-state index >= 15 is 0 Å². The van der Waals surface area contributed by atoms with Crippen LogP contribution in [0.5, 0.6) is 0 Å². The Bertz CT molecular complexity index is 788. The quantitative estimate of drug-likeness (QED) is 0.666. The number of carbonyl (C=O) groups excluding carboxylic acids is 1. The molecule has 2 unspecified atom stereocenters. The maximum absolute atomic E-state index is 13.7. The van der Waals surface area contributed by atoms with Crippen LogP contribution in [-0.4, -0.2) is 38.8 Å². The molecular formula is C16H25ClFN3O4S. The largest absolute Gasteiger partial charge is 0.378 e. The van der Waals surface area contributed by atoms with E-state index in [9.17, 15) is 17.6 Å². The van der Waals surface area contributed by atoms with E-state index in [0.29, 0.717) is 13.0 Å². The van der Waals surface area contributed by atoms with Crippen LogP contribution in [0.2, 0.25) is 0 Å². The molecule has 1 aliphatic rings. The van der Waals surface area contributed by atoms with E-state index in [1.54, 1.807) is 0 Å². The molecule has 1 aliphatic carbocycles. The Hall–Kier alpha value is -1.42. The number of halogens is 2. The highest BCUT2D eigenvalue weighted by Crippen LogP contribution is 2.50. The third-order valence-electron chi connectivity index (χ3n) is 4.75. The monoisotopic (exact) mass is 409 g/mol. The SMILES string of the molecule is CCOC1CC(N)(C(=O)Nc2ccc(F)c(NS(C)(=O)=O)c2)C1(C)C.Cl.